The van der Waals surface area contributed by atoms with Crippen molar-refractivity contribution in [3.63, 3.8) is 0 Å². The van der Waals surface area contributed by atoms with Crippen LogP contribution in [0.5, 0.6) is 0 Å². The van der Waals surface area contributed by atoms with Crippen molar-refractivity contribution in [2.45, 2.75) is 45.1 Å². The molecule has 2 aromatic rings. The Morgan fingerprint density at radius 2 is 2.10 bits per heavy atom. The fraction of sp³-hybridized carbons (Fsp3) is 0.471. The summed E-state index contributed by atoms with van der Waals surface area (Å²) in [5, 5.41) is 4.46. The molecular formula is C17H22N2O. The first-order valence-corrected chi connectivity index (χ1v) is 7.42. The zero-order valence-electron chi connectivity index (χ0n) is 12.2. The fourth-order valence-corrected chi connectivity index (χ4v) is 2.90. The minimum Gasteiger partial charge on any atom is -0.361 e. The van der Waals surface area contributed by atoms with E-state index in [1.165, 1.54) is 17.4 Å². The van der Waals surface area contributed by atoms with Crippen molar-refractivity contribution in [2.24, 2.45) is 5.92 Å². The number of benzene rings is 1. The van der Waals surface area contributed by atoms with Gasteiger partial charge in [-0.2, -0.15) is 0 Å². The number of rotatable bonds is 4. The van der Waals surface area contributed by atoms with Crippen LogP contribution in [0.1, 0.15) is 38.7 Å². The second-order valence-electron chi connectivity index (χ2n) is 6.54. The highest BCUT2D eigenvalue weighted by Crippen LogP contribution is 2.28. The van der Waals surface area contributed by atoms with Crippen molar-refractivity contribution >= 4 is 16.8 Å². The van der Waals surface area contributed by atoms with E-state index in [-0.39, 0.29) is 17.4 Å². The summed E-state index contributed by atoms with van der Waals surface area (Å²) in [6, 6.07) is 8.30. The Balaban J connectivity index is 1.73. The van der Waals surface area contributed by atoms with Gasteiger partial charge in [-0.1, -0.05) is 24.6 Å². The molecule has 0 spiro atoms. The Hall–Kier alpha value is -1.77. The van der Waals surface area contributed by atoms with Crippen LogP contribution >= 0.6 is 0 Å². The van der Waals surface area contributed by atoms with Gasteiger partial charge in [0.2, 0.25) is 5.91 Å². The summed E-state index contributed by atoms with van der Waals surface area (Å²) in [7, 11) is 0. The fourth-order valence-electron chi connectivity index (χ4n) is 2.90. The third-order valence-electron chi connectivity index (χ3n) is 4.24. The van der Waals surface area contributed by atoms with Gasteiger partial charge in [0.25, 0.3) is 0 Å². The highest BCUT2D eigenvalue weighted by atomic mass is 16.2. The lowest BCUT2D eigenvalue weighted by molar-refractivity contribution is -0.129. The van der Waals surface area contributed by atoms with E-state index in [9.17, 15) is 4.79 Å². The number of hydrogen-bond acceptors (Lipinski definition) is 1. The average molecular weight is 270 g/mol. The minimum atomic E-state index is -0.211. The molecule has 0 unspecified atom stereocenters. The van der Waals surface area contributed by atoms with Gasteiger partial charge < -0.3 is 10.3 Å². The van der Waals surface area contributed by atoms with Crippen LogP contribution in [0, 0.1) is 5.92 Å². The molecule has 2 N–H and O–H groups in total. The number of nitrogens with one attached hydrogen (secondary N) is 2. The van der Waals surface area contributed by atoms with Gasteiger partial charge in [-0.15, -0.1) is 0 Å². The number of amides is 1. The summed E-state index contributed by atoms with van der Waals surface area (Å²) in [5.41, 5.74) is 2.21. The molecule has 1 aromatic heterocycles. The number of aromatic nitrogens is 1. The van der Waals surface area contributed by atoms with Crippen LogP contribution in [0.15, 0.2) is 30.5 Å². The molecule has 3 heteroatoms. The lowest BCUT2D eigenvalue weighted by Crippen LogP contribution is -2.48. The number of fused-ring (bicyclic) bond motifs is 1. The Labute approximate surface area is 119 Å². The Bertz CT molecular complexity index is 623. The van der Waals surface area contributed by atoms with Crippen LogP contribution in [0.4, 0.5) is 0 Å². The van der Waals surface area contributed by atoms with Gasteiger partial charge in [-0.25, -0.2) is 0 Å². The highest BCUT2D eigenvalue weighted by molar-refractivity contribution is 5.83. The Morgan fingerprint density at radius 3 is 2.80 bits per heavy atom. The van der Waals surface area contributed by atoms with Crippen LogP contribution < -0.4 is 5.32 Å². The maximum absolute atomic E-state index is 12.1. The molecule has 0 radical (unpaired) electrons. The number of aromatic amines is 1. The normalized spacial score (nSPS) is 16.1. The van der Waals surface area contributed by atoms with Gasteiger partial charge in [-0.3, -0.25) is 4.79 Å². The first-order chi connectivity index (χ1) is 9.55. The van der Waals surface area contributed by atoms with Crippen LogP contribution in [-0.4, -0.2) is 16.4 Å². The topological polar surface area (TPSA) is 44.9 Å². The first kappa shape index (κ1) is 13.2. The van der Waals surface area contributed by atoms with Gasteiger partial charge in [0.05, 0.1) is 0 Å². The average Bonchev–Trinajstić information content (AvgIpc) is 2.69. The standard InChI is InChI=1S/C17H22N2O/c1-17(2,19-16(20)12-6-5-7-12)10-13-11-18-15-9-4-3-8-14(13)15/h3-4,8-9,11-12,18H,5-7,10H2,1-2H3,(H,19,20). The van der Waals surface area contributed by atoms with Crippen LogP contribution in [0.3, 0.4) is 0 Å². The number of carbonyl (C=O) groups is 1. The van der Waals surface area contributed by atoms with Gasteiger partial charge in [0.1, 0.15) is 0 Å². The molecule has 1 aliphatic carbocycles. The predicted octanol–water partition coefficient (Wildman–Crippen LogP) is 3.41. The van der Waals surface area contributed by atoms with Crippen molar-refractivity contribution in [2.75, 3.05) is 0 Å². The summed E-state index contributed by atoms with van der Waals surface area (Å²) in [4.78, 5) is 15.4. The summed E-state index contributed by atoms with van der Waals surface area (Å²) >= 11 is 0. The number of H-pyrrole nitrogens is 1. The molecule has 20 heavy (non-hydrogen) atoms. The van der Waals surface area contributed by atoms with Gasteiger partial charge in [0.15, 0.2) is 0 Å². The quantitative estimate of drug-likeness (QED) is 0.878. The van der Waals surface area contributed by atoms with Crippen LogP contribution in [-0.2, 0) is 11.2 Å². The molecule has 0 aliphatic heterocycles. The zero-order valence-corrected chi connectivity index (χ0v) is 12.2. The maximum Gasteiger partial charge on any atom is 0.223 e. The van der Waals surface area contributed by atoms with Gasteiger partial charge in [0, 0.05) is 28.6 Å². The summed E-state index contributed by atoms with van der Waals surface area (Å²) in [6.07, 6.45) is 6.20. The molecule has 0 saturated heterocycles. The van der Waals surface area contributed by atoms with Crippen molar-refractivity contribution in [3.05, 3.63) is 36.0 Å². The molecule has 1 amide bonds. The van der Waals surface area contributed by atoms with Crippen LogP contribution in [0.25, 0.3) is 10.9 Å². The van der Waals surface area contributed by atoms with E-state index in [0.717, 1.165) is 24.8 Å². The maximum atomic E-state index is 12.1. The molecule has 0 atom stereocenters. The van der Waals surface area contributed by atoms with Crippen molar-refractivity contribution in [1.29, 1.82) is 0 Å². The van der Waals surface area contributed by atoms with Crippen molar-refractivity contribution in [3.8, 4) is 0 Å². The molecule has 106 valence electrons. The molecule has 3 rings (SSSR count). The van der Waals surface area contributed by atoms with E-state index in [1.54, 1.807) is 0 Å². The largest absolute Gasteiger partial charge is 0.361 e. The molecule has 0 bridgehead atoms. The van der Waals surface area contributed by atoms with E-state index in [1.807, 2.05) is 6.07 Å². The van der Waals surface area contributed by atoms with Crippen molar-refractivity contribution < 1.29 is 4.79 Å². The third kappa shape index (κ3) is 2.58. The summed E-state index contributed by atoms with van der Waals surface area (Å²) < 4.78 is 0. The van der Waals surface area contributed by atoms with Crippen LogP contribution in [0.2, 0.25) is 0 Å². The number of hydrogen-bond donors (Lipinski definition) is 2. The smallest absolute Gasteiger partial charge is 0.223 e. The minimum absolute atomic E-state index is 0.211. The Morgan fingerprint density at radius 1 is 1.35 bits per heavy atom. The second kappa shape index (κ2) is 4.97. The van der Waals surface area contributed by atoms with Gasteiger partial charge in [-0.05, 0) is 44.7 Å². The van der Waals surface area contributed by atoms with E-state index in [4.69, 9.17) is 0 Å². The molecule has 1 saturated carbocycles. The molecule has 3 nitrogen and oxygen atoms in total. The van der Waals surface area contributed by atoms with E-state index >= 15 is 0 Å². The molecule has 1 heterocycles. The second-order valence-corrected chi connectivity index (χ2v) is 6.54. The zero-order chi connectivity index (χ0) is 14.2. The van der Waals surface area contributed by atoms with Crippen molar-refractivity contribution in [1.82, 2.24) is 10.3 Å². The molecule has 1 aliphatic rings. The predicted molar refractivity (Wildman–Crippen MR) is 81.6 cm³/mol. The monoisotopic (exact) mass is 270 g/mol. The summed E-state index contributed by atoms with van der Waals surface area (Å²) in [5.74, 6) is 0.471. The van der Waals surface area contributed by atoms with E-state index in [2.05, 4.69) is 48.5 Å². The number of para-hydroxylation sites is 1. The van der Waals surface area contributed by atoms with Gasteiger partial charge >= 0.3 is 0 Å². The number of carbonyl (C=O) groups excluding carboxylic acids is 1. The highest BCUT2D eigenvalue weighted by Gasteiger charge is 2.30. The molecule has 1 fully saturated rings. The molecule has 1 aromatic carbocycles. The first-order valence-electron chi connectivity index (χ1n) is 7.42. The lowest BCUT2D eigenvalue weighted by atomic mass is 9.83. The van der Waals surface area contributed by atoms with E-state index < -0.39 is 0 Å². The Kier molecular flexibility index (Phi) is 3.28. The SMILES string of the molecule is CC(C)(Cc1c[nH]c2ccccc12)NC(=O)C1CCC1. The van der Waals surface area contributed by atoms with E-state index in [0.29, 0.717) is 0 Å². The summed E-state index contributed by atoms with van der Waals surface area (Å²) in [6.45, 7) is 4.21. The molecular weight excluding hydrogens is 248 g/mol. The lowest BCUT2D eigenvalue weighted by Gasteiger charge is -2.31. The third-order valence-corrected chi connectivity index (χ3v) is 4.24.